The highest BCUT2D eigenvalue weighted by molar-refractivity contribution is 5.83. The van der Waals surface area contributed by atoms with Gasteiger partial charge in [0.05, 0.1) is 5.41 Å². The van der Waals surface area contributed by atoms with Gasteiger partial charge in [0.2, 0.25) is 5.91 Å². The highest BCUT2D eigenvalue weighted by Crippen LogP contribution is 2.41. The molecule has 1 rings (SSSR count). The average Bonchev–Trinajstić information content (AvgIpc) is 2.03. The van der Waals surface area contributed by atoms with E-state index in [0.717, 1.165) is 32.2 Å². The number of hydrogen-bond acceptors (Lipinski definition) is 2. The Morgan fingerprint density at radius 2 is 2.15 bits per heavy atom. The first-order chi connectivity index (χ1) is 6.16. The quantitative estimate of drug-likeness (QED) is 0.708. The number of carbonyl (C=O) groups excluding carboxylic acids is 1. The largest absolute Gasteiger partial charge is 0.345 e. The maximum absolute atomic E-state index is 11.9. The minimum absolute atomic E-state index is 0.191. The van der Waals surface area contributed by atoms with E-state index in [1.807, 2.05) is 11.9 Å². The van der Waals surface area contributed by atoms with Crippen LogP contribution in [0.3, 0.4) is 0 Å². The number of amides is 1. The van der Waals surface area contributed by atoms with Gasteiger partial charge in [0, 0.05) is 20.1 Å². The standard InChI is InChI=1S/C10H20N2O/c1-3-7-12(2)9(13)10(8-11)5-4-6-10/h3-8,11H2,1-2H3. The summed E-state index contributed by atoms with van der Waals surface area (Å²) in [5.41, 5.74) is 5.47. The van der Waals surface area contributed by atoms with Crippen LogP contribution in [0.25, 0.3) is 0 Å². The van der Waals surface area contributed by atoms with Crippen LogP contribution in [0, 0.1) is 5.41 Å². The zero-order chi connectivity index (χ0) is 9.90. The minimum Gasteiger partial charge on any atom is -0.345 e. The number of rotatable bonds is 4. The van der Waals surface area contributed by atoms with Crippen LogP contribution in [-0.2, 0) is 4.79 Å². The Labute approximate surface area is 80.3 Å². The van der Waals surface area contributed by atoms with E-state index in [1.165, 1.54) is 0 Å². The van der Waals surface area contributed by atoms with E-state index in [9.17, 15) is 4.79 Å². The zero-order valence-electron chi connectivity index (χ0n) is 8.68. The number of carbonyl (C=O) groups is 1. The molecule has 1 fully saturated rings. The van der Waals surface area contributed by atoms with Gasteiger partial charge in [-0.1, -0.05) is 13.3 Å². The van der Waals surface area contributed by atoms with Crippen molar-refractivity contribution in [3.63, 3.8) is 0 Å². The highest BCUT2D eigenvalue weighted by Gasteiger charge is 2.44. The van der Waals surface area contributed by atoms with Crippen LogP contribution in [0.1, 0.15) is 32.6 Å². The smallest absolute Gasteiger partial charge is 0.229 e. The third-order valence-corrected chi connectivity index (χ3v) is 3.06. The molecule has 0 radical (unpaired) electrons. The fraction of sp³-hybridized carbons (Fsp3) is 0.900. The summed E-state index contributed by atoms with van der Waals surface area (Å²) in [6.07, 6.45) is 4.14. The molecule has 2 N–H and O–H groups in total. The van der Waals surface area contributed by atoms with Gasteiger partial charge in [-0.15, -0.1) is 0 Å². The number of hydrogen-bond donors (Lipinski definition) is 1. The molecule has 3 heteroatoms. The predicted molar refractivity (Wildman–Crippen MR) is 53.3 cm³/mol. The molecule has 1 aliphatic rings. The summed E-state index contributed by atoms with van der Waals surface area (Å²) in [6, 6.07) is 0. The van der Waals surface area contributed by atoms with Gasteiger partial charge in [0.25, 0.3) is 0 Å². The molecule has 0 unspecified atom stereocenters. The van der Waals surface area contributed by atoms with Gasteiger partial charge >= 0.3 is 0 Å². The van der Waals surface area contributed by atoms with Crippen LogP contribution in [0.15, 0.2) is 0 Å². The molecular weight excluding hydrogens is 164 g/mol. The Bertz CT molecular complexity index is 182. The normalized spacial score (nSPS) is 19.3. The van der Waals surface area contributed by atoms with Gasteiger partial charge in [-0.3, -0.25) is 4.79 Å². The monoisotopic (exact) mass is 184 g/mol. The van der Waals surface area contributed by atoms with Crippen LogP contribution in [-0.4, -0.2) is 30.9 Å². The van der Waals surface area contributed by atoms with Crippen molar-refractivity contribution in [3.05, 3.63) is 0 Å². The summed E-state index contributed by atoms with van der Waals surface area (Å²) >= 11 is 0. The van der Waals surface area contributed by atoms with Crippen molar-refractivity contribution < 1.29 is 4.79 Å². The lowest BCUT2D eigenvalue weighted by Gasteiger charge is -2.41. The number of nitrogens with zero attached hydrogens (tertiary/aromatic N) is 1. The van der Waals surface area contributed by atoms with Gasteiger partial charge in [0.15, 0.2) is 0 Å². The fourth-order valence-corrected chi connectivity index (χ4v) is 1.95. The van der Waals surface area contributed by atoms with E-state index >= 15 is 0 Å². The average molecular weight is 184 g/mol. The molecule has 0 aromatic carbocycles. The van der Waals surface area contributed by atoms with Gasteiger partial charge in [-0.05, 0) is 19.3 Å². The van der Waals surface area contributed by atoms with Gasteiger partial charge in [-0.2, -0.15) is 0 Å². The van der Waals surface area contributed by atoms with Gasteiger partial charge in [0.1, 0.15) is 0 Å². The Morgan fingerprint density at radius 3 is 2.46 bits per heavy atom. The summed E-state index contributed by atoms with van der Waals surface area (Å²) in [5.74, 6) is 0.253. The second kappa shape index (κ2) is 4.09. The third kappa shape index (κ3) is 1.85. The molecular formula is C10H20N2O. The molecule has 1 saturated carbocycles. The van der Waals surface area contributed by atoms with E-state index in [1.54, 1.807) is 0 Å². The predicted octanol–water partition coefficient (Wildman–Crippen LogP) is 0.984. The van der Waals surface area contributed by atoms with Crippen molar-refractivity contribution in [2.45, 2.75) is 32.6 Å². The lowest BCUT2D eigenvalue weighted by molar-refractivity contribution is -0.145. The van der Waals surface area contributed by atoms with Crippen LogP contribution < -0.4 is 5.73 Å². The minimum atomic E-state index is -0.191. The van der Waals surface area contributed by atoms with Gasteiger partial charge < -0.3 is 10.6 Å². The molecule has 0 atom stereocenters. The highest BCUT2D eigenvalue weighted by atomic mass is 16.2. The van der Waals surface area contributed by atoms with Gasteiger partial charge in [-0.25, -0.2) is 0 Å². The van der Waals surface area contributed by atoms with E-state index in [4.69, 9.17) is 5.73 Å². The summed E-state index contributed by atoms with van der Waals surface area (Å²) < 4.78 is 0. The Kier molecular flexibility index (Phi) is 3.31. The molecule has 0 aromatic heterocycles. The molecule has 0 heterocycles. The van der Waals surface area contributed by atoms with Crippen molar-refractivity contribution in [2.24, 2.45) is 11.1 Å². The lowest BCUT2D eigenvalue weighted by atomic mass is 9.68. The summed E-state index contributed by atoms with van der Waals surface area (Å²) in [6.45, 7) is 3.44. The van der Waals surface area contributed by atoms with Crippen LogP contribution >= 0.6 is 0 Å². The number of nitrogens with two attached hydrogens (primary N) is 1. The Hall–Kier alpha value is -0.570. The molecule has 1 aliphatic carbocycles. The van der Waals surface area contributed by atoms with Crippen molar-refractivity contribution in [1.82, 2.24) is 4.90 Å². The van der Waals surface area contributed by atoms with Crippen molar-refractivity contribution in [2.75, 3.05) is 20.1 Å². The maximum atomic E-state index is 11.9. The summed E-state index contributed by atoms with van der Waals surface area (Å²) in [7, 11) is 1.88. The third-order valence-electron chi connectivity index (χ3n) is 3.06. The van der Waals surface area contributed by atoms with E-state index in [2.05, 4.69) is 6.92 Å². The topological polar surface area (TPSA) is 46.3 Å². The molecule has 0 bridgehead atoms. The summed E-state index contributed by atoms with van der Waals surface area (Å²) in [4.78, 5) is 13.7. The maximum Gasteiger partial charge on any atom is 0.229 e. The van der Waals surface area contributed by atoms with E-state index < -0.39 is 0 Å². The molecule has 76 valence electrons. The molecule has 0 aromatic rings. The molecule has 13 heavy (non-hydrogen) atoms. The van der Waals surface area contributed by atoms with Crippen molar-refractivity contribution in [1.29, 1.82) is 0 Å². The molecule has 0 spiro atoms. The second-order valence-electron chi connectivity index (χ2n) is 4.06. The molecule has 1 amide bonds. The van der Waals surface area contributed by atoms with Crippen LogP contribution in [0.5, 0.6) is 0 Å². The lowest BCUT2D eigenvalue weighted by Crippen LogP contribution is -2.50. The van der Waals surface area contributed by atoms with E-state index in [0.29, 0.717) is 6.54 Å². The van der Waals surface area contributed by atoms with Crippen molar-refractivity contribution in [3.8, 4) is 0 Å². The first-order valence-electron chi connectivity index (χ1n) is 5.12. The van der Waals surface area contributed by atoms with E-state index in [-0.39, 0.29) is 11.3 Å². The Morgan fingerprint density at radius 1 is 1.54 bits per heavy atom. The fourth-order valence-electron chi connectivity index (χ4n) is 1.95. The molecule has 0 aliphatic heterocycles. The van der Waals surface area contributed by atoms with Crippen LogP contribution in [0.2, 0.25) is 0 Å². The summed E-state index contributed by atoms with van der Waals surface area (Å²) in [5, 5.41) is 0. The SMILES string of the molecule is CCCN(C)C(=O)C1(CN)CCC1. The van der Waals surface area contributed by atoms with Crippen LogP contribution in [0.4, 0.5) is 0 Å². The first-order valence-corrected chi connectivity index (χ1v) is 5.12. The zero-order valence-corrected chi connectivity index (χ0v) is 8.68. The van der Waals surface area contributed by atoms with Crippen molar-refractivity contribution >= 4 is 5.91 Å². The first kappa shape index (κ1) is 10.5. The Balaban J connectivity index is 2.54. The molecule has 0 saturated heterocycles. The molecule has 3 nitrogen and oxygen atoms in total. The second-order valence-corrected chi connectivity index (χ2v) is 4.06.